The van der Waals surface area contributed by atoms with Crippen LogP contribution in [0.25, 0.3) is 0 Å². The second-order valence-corrected chi connectivity index (χ2v) is 4.51. The molecule has 1 amide bonds. The lowest BCUT2D eigenvalue weighted by Gasteiger charge is -2.36. The predicted octanol–water partition coefficient (Wildman–Crippen LogP) is -0.0496. The third kappa shape index (κ3) is 2.01. The quantitative estimate of drug-likeness (QED) is 0.673. The summed E-state index contributed by atoms with van der Waals surface area (Å²) >= 11 is 0. The van der Waals surface area contributed by atoms with Crippen LogP contribution in [0.5, 0.6) is 0 Å². The molecule has 4 heteroatoms. The Morgan fingerprint density at radius 1 is 1.33 bits per heavy atom. The Kier molecular flexibility index (Phi) is 3.26. The highest BCUT2D eigenvalue weighted by Gasteiger charge is 2.41. The van der Waals surface area contributed by atoms with Gasteiger partial charge in [-0.25, -0.2) is 0 Å². The maximum Gasteiger partial charge on any atom is 0.242 e. The third-order valence-corrected chi connectivity index (χ3v) is 3.66. The summed E-state index contributed by atoms with van der Waals surface area (Å²) in [5.74, 6) is 0.323. The van der Waals surface area contributed by atoms with Crippen LogP contribution in [0.2, 0.25) is 0 Å². The molecule has 0 aromatic heterocycles. The zero-order chi connectivity index (χ0) is 10.7. The first-order valence-corrected chi connectivity index (χ1v) is 6.04. The zero-order valence-corrected chi connectivity index (χ0v) is 9.51. The van der Waals surface area contributed by atoms with Gasteiger partial charge in [0.05, 0.1) is 5.54 Å². The summed E-state index contributed by atoms with van der Waals surface area (Å²) in [4.78, 5) is 14.4. The molecule has 4 nitrogen and oxygen atoms in total. The Labute approximate surface area is 91.4 Å². The van der Waals surface area contributed by atoms with E-state index in [4.69, 9.17) is 0 Å². The molecule has 1 atom stereocenters. The number of rotatable bonds is 2. The molecule has 2 N–H and O–H groups in total. The lowest BCUT2D eigenvalue weighted by molar-refractivity contribution is -0.138. The first kappa shape index (κ1) is 10.9. The molecule has 0 unspecified atom stereocenters. The van der Waals surface area contributed by atoms with Gasteiger partial charge in [-0.3, -0.25) is 4.79 Å². The second kappa shape index (κ2) is 4.49. The van der Waals surface area contributed by atoms with Crippen molar-refractivity contribution in [3.63, 3.8) is 0 Å². The Morgan fingerprint density at radius 2 is 2.07 bits per heavy atom. The highest BCUT2D eigenvalue weighted by atomic mass is 16.2. The molecule has 0 spiro atoms. The summed E-state index contributed by atoms with van der Waals surface area (Å²) in [6.45, 7) is 6.70. The van der Waals surface area contributed by atoms with Gasteiger partial charge < -0.3 is 15.5 Å². The van der Waals surface area contributed by atoms with Gasteiger partial charge in [0.1, 0.15) is 0 Å². The molecule has 0 radical (unpaired) electrons. The van der Waals surface area contributed by atoms with Gasteiger partial charge in [-0.2, -0.15) is 0 Å². The van der Waals surface area contributed by atoms with Crippen molar-refractivity contribution in [1.82, 2.24) is 15.5 Å². The van der Waals surface area contributed by atoms with Gasteiger partial charge in [0.15, 0.2) is 0 Å². The Bertz CT molecular complexity index is 230. The van der Waals surface area contributed by atoms with Gasteiger partial charge in [0.2, 0.25) is 5.91 Å². The van der Waals surface area contributed by atoms with E-state index in [-0.39, 0.29) is 5.54 Å². The minimum atomic E-state index is -0.239. The standard InChI is InChI=1S/C11H21N3O/c1-2-11(4-3-5-13-11)10(15)14-8-6-12-7-9-14/h12-13H,2-9H2,1H3/t11-/m0/s1. The van der Waals surface area contributed by atoms with E-state index in [2.05, 4.69) is 17.6 Å². The van der Waals surface area contributed by atoms with Crippen LogP contribution in [-0.4, -0.2) is 49.1 Å². The zero-order valence-electron chi connectivity index (χ0n) is 9.51. The van der Waals surface area contributed by atoms with Crippen LogP contribution >= 0.6 is 0 Å². The van der Waals surface area contributed by atoms with Crippen LogP contribution in [0.1, 0.15) is 26.2 Å². The fourth-order valence-corrected chi connectivity index (χ4v) is 2.61. The predicted molar refractivity (Wildman–Crippen MR) is 59.7 cm³/mol. The molecule has 0 aliphatic carbocycles. The van der Waals surface area contributed by atoms with E-state index in [1.54, 1.807) is 0 Å². The minimum absolute atomic E-state index is 0.239. The summed E-state index contributed by atoms with van der Waals surface area (Å²) in [6.07, 6.45) is 3.05. The molecule has 0 aromatic rings. The lowest BCUT2D eigenvalue weighted by Crippen LogP contribution is -2.58. The maximum absolute atomic E-state index is 12.4. The summed E-state index contributed by atoms with van der Waals surface area (Å²) in [6, 6.07) is 0. The van der Waals surface area contributed by atoms with E-state index < -0.39 is 0 Å². The number of carbonyl (C=O) groups excluding carboxylic acids is 1. The normalized spacial score (nSPS) is 31.9. The number of carbonyl (C=O) groups is 1. The Morgan fingerprint density at radius 3 is 2.60 bits per heavy atom. The average molecular weight is 211 g/mol. The maximum atomic E-state index is 12.4. The topological polar surface area (TPSA) is 44.4 Å². The van der Waals surface area contributed by atoms with Gasteiger partial charge in [-0.05, 0) is 25.8 Å². The number of nitrogens with one attached hydrogen (secondary N) is 2. The van der Waals surface area contributed by atoms with Gasteiger partial charge in [0.25, 0.3) is 0 Å². The van der Waals surface area contributed by atoms with Crippen LogP contribution in [-0.2, 0) is 4.79 Å². The average Bonchev–Trinajstić information content (AvgIpc) is 2.79. The number of nitrogens with zero attached hydrogens (tertiary/aromatic N) is 1. The van der Waals surface area contributed by atoms with E-state index in [0.29, 0.717) is 5.91 Å². The smallest absolute Gasteiger partial charge is 0.242 e. The van der Waals surface area contributed by atoms with Crippen molar-refractivity contribution in [3.8, 4) is 0 Å². The molecule has 15 heavy (non-hydrogen) atoms. The first-order valence-electron chi connectivity index (χ1n) is 6.04. The molecule has 0 saturated carbocycles. The SMILES string of the molecule is CC[C@@]1(C(=O)N2CCNCC2)CCCN1. The molecule has 2 rings (SSSR count). The van der Waals surface area contributed by atoms with E-state index in [1.165, 1.54) is 0 Å². The van der Waals surface area contributed by atoms with Crippen molar-refractivity contribution in [2.45, 2.75) is 31.7 Å². The van der Waals surface area contributed by atoms with Crippen LogP contribution in [0.4, 0.5) is 0 Å². The summed E-state index contributed by atoms with van der Waals surface area (Å²) in [5, 5.41) is 6.68. The molecule has 2 aliphatic rings. The van der Waals surface area contributed by atoms with Crippen molar-refractivity contribution >= 4 is 5.91 Å². The number of hydrogen-bond donors (Lipinski definition) is 2. The van der Waals surface area contributed by atoms with Crippen molar-refractivity contribution in [2.24, 2.45) is 0 Å². The van der Waals surface area contributed by atoms with Gasteiger partial charge in [0, 0.05) is 26.2 Å². The number of amides is 1. The fourth-order valence-electron chi connectivity index (χ4n) is 2.61. The third-order valence-electron chi connectivity index (χ3n) is 3.66. The molecule has 0 bridgehead atoms. The highest BCUT2D eigenvalue weighted by molar-refractivity contribution is 5.86. The van der Waals surface area contributed by atoms with E-state index in [0.717, 1.165) is 52.0 Å². The Hall–Kier alpha value is -0.610. The van der Waals surface area contributed by atoms with Crippen LogP contribution in [0, 0.1) is 0 Å². The molecular weight excluding hydrogens is 190 g/mol. The van der Waals surface area contributed by atoms with Crippen molar-refractivity contribution in [2.75, 3.05) is 32.7 Å². The minimum Gasteiger partial charge on any atom is -0.339 e. The van der Waals surface area contributed by atoms with Crippen LogP contribution < -0.4 is 10.6 Å². The van der Waals surface area contributed by atoms with Crippen molar-refractivity contribution in [3.05, 3.63) is 0 Å². The van der Waals surface area contributed by atoms with Gasteiger partial charge >= 0.3 is 0 Å². The van der Waals surface area contributed by atoms with Gasteiger partial charge in [-0.15, -0.1) is 0 Å². The van der Waals surface area contributed by atoms with Crippen molar-refractivity contribution < 1.29 is 4.79 Å². The molecule has 2 saturated heterocycles. The monoisotopic (exact) mass is 211 g/mol. The largest absolute Gasteiger partial charge is 0.339 e. The molecule has 2 aliphatic heterocycles. The molecular formula is C11H21N3O. The summed E-state index contributed by atoms with van der Waals surface area (Å²) < 4.78 is 0. The highest BCUT2D eigenvalue weighted by Crippen LogP contribution is 2.25. The molecule has 0 aromatic carbocycles. The number of piperazine rings is 1. The fraction of sp³-hybridized carbons (Fsp3) is 0.909. The lowest BCUT2D eigenvalue weighted by atomic mass is 9.92. The molecule has 2 heterocycles. The number of hydrogen-bond acceptors (Lipinski definition) is 3. The van der Waals surface area contributed by atoms with Crippen molar-refractivity contribution in [1.29, 1.82) is 0 Å². The van der Waals surface area contributed by atoms with E-state index >= 15 is 0 Å². The first-order chi connectivity index (χ1) is 7.28. The van der Waals surface area contributed by atoms with E-state index in [1.807, 2.05) is 4.90 Å². The van der Waals surface area contributed by atoms with Crippen LogP contribution in [0.15, 0.2) is 0 Å². The van der Waals surface area contributed by atoms with Crippen LogP contribution in [0.3, 0.4) is 0 Å². The van der Waals surface area contributed by atoms with Gasteiger partial charge in [-0.1, -0.05) is 6.92 Å². The molecule has 86 valence electrons. The summed E-state index contributed by atoms with van der Waals surface area (Å²) in [7, 11) is 0. The summed E-state index contributed by atoms with van der Waals surface area (Å²) in [5.41, 5.74) is -0.239. The molecule has 2 fully saturated rings. The Balaban J connectivity index is 2.03. The second-order valence-electron chi connectivity index (χ2n) is 4.51. The van der Waals surface area contributed by atoms with E-state index in [9.17, 15) is 4.79 Å².